The third-order valence-electron chi connectivity index (χ3n) is 4.14. The topological polar surface area (TPSA) is 37.4 Å². The van der Waals surface area contributed by atoms with Crippen molar-refractivity contribution in [1.82, 2.24) is 4.31 Å². The summed E-state index contributed by atoms with van der Waals surface area (Å²) in [6.45, 7) is 2.55. The monoisotopic (exact) mass is 301 g/mol. The van der Waals surface area contributed by atoms with E-state index in [2.05, 4.69) is 12.1 Å². The Kier molecular flexibility index (Phi) is 3.83. The van der Waals surface area contributed by atoms with Crippen LogP contribution < -0.4 is 0 Å². The van der Waals surface area contributed by atoms with E-state index in [-0.39, 0.29) is 12.0 Å². The minimum Gasteiger partial charge on any atom is -0.207 e. The van der Waals surface area contributed by atoms with Crippen LogP contribution in [-0.4, -0.2) is 25.3 Å². The van der Waals surface area contributed by atoms with Crippen LogP contribution in [-0.2, 0) is 10.0 Å². The van der Waals surface area contributed by atoms with Gasteiger partial charge < -0.3 is 0 Å². The Labute approximate surface area is 126 Å². The van der Waals surface area contributed by atoms with Gasteiger partial charge in [0.25, 0.3) is 0 Å². The van der Waals surface area contributed by atoms with Gasteiger partial charge in [-0.3, -0.25) is 0 Å². The molecule has 0 radical (unpaired) electrons. The molecule has 1 aliphatic rings. The average Bonchev–Trinajstić information content (AvgIpc) is 2.92. The first-order chi connectivity index (χ1) is 10.1. The first kappa shape index (κ1) is 14.3. The largest absolute Gasteiger partial charge is 0.243 e. The van der Waals surface area contributed by atoms with Crippen LogP contribution in [0.1, 0.15) is 24.8 Å². The molecule has 1 aliphatic heterocycles. The number of hydrogen-bond acceptors (Lipinski definition) is 2. The predicted molar refractivity (Wildman–Crippen MR) is 83.6 cm³/mol. The molecule has 3 rings (SSSR count). The third-order valence-corrected chi connectivity index (χ3v) is 6.13. The molecule has 110 valence electrons. The van der Waals surface area contributed by atoms with Crippen LogP contribution in [0.2, 0.25) is 0 Å². The fourth-order valence-electron chi connectivity index (χ4n) is 3.03. The van der Waals surface area contributed by atoms with E-state index in [9.17, 15) is 8.42 Å². The molecule has 0 spiro atoms. The van der Waals surface area contributed by atoms with Crippen molar-refractivity contribution in [2.24, 2.45) is 0 Å². The van der Waals surface area contributed by atoms with E-state index in [1.165, 1.54) is 5.56 Å². The number of benzene rings is 2. The normalized spacial score (nSPS) is 23.3. The standard InChI is InChI=1S/C17H19NO2S/c1-14-12-16(15-8-4-2-5-9-15)13-18(14)21(19,20)17-10-6-3-7-11-17/h2-11,14,16H,12-13H2,1H3. The van der Waals surface area contributed by atoms with E-state index in [1.54, 1.807) is 28.6 Å². The fourth-order valence-corrected chi connectivity index (χ4v) is 4.74. The highest BCUT2D eigenvalue weighted by Gasteiger charge is 2.38. The summed E-state index contributed by atoms with van der Waals surface area (Å²) < 4.78 is 27.1. The predicted octanol–water partition coefficient (Wildman–Crippen LogP) is 3.25. The maximum Gasteiger partial charge on any atom is 0.243 e. The second-order valence-corrected chi connectivity index (χ2v) is 7.47. The molecule has 1 heterocycles. The highest BCUT2D eigenvalue weighted by Crippen LogP contribution is 2.35. The molecule has 0 aliphatic carbocycles. The molecular formula is C17H19NO2S. The van der Waals surface area contributed by atoms with Crippen LogP contribution in [0.5, 0.6) is 0 Å². The first-order valence-electron chi connectivity index (χ1n) is 7.21. The Bertz CT molecular complexity index is 698. The van der Waals surface area contributed by atoms with Crippen molar-refractivity contribution < 1.29 is 8.42 Å². The lowest BCUT2D eigenvalue weighted by Crippen LogP contribution is -2.33. The molecule has 1 fully saturated rings. The quantitative estimate of drug-likeness (QED) is 0.872. The Balaban J connectivity index is 1.87. The van der Waals surface area contributed by atoms with E-state index < -0.39 is 10.0 Å². The minimum atomic E-state index is -3.40. The van der Waals surface area contributed by atoms with Gasteiger partial charge in [0.1, 0.15) is 0 Å². The molecule has 21 heavy (non-hydrogen) atoms. The van der Waals surface area contributed by atoms with E-state index >= 15 is 0 Å². The summed E-state index contributed by atoms with van der Waals surface area (Å²) in [5.41, 5.74) is 1.22. The van der Waals surface area contributed by atoms with Crippen LogP contribution in [0.15, 0.2) is 65.6 Å². The lowest BCUT2D eigenvalue weighted by Gasteiger charge is -2.21. The van der Waals surface area contributed by atoms with Gasteiger partial charge in [-0.2, -0.15) is 4.31 Å². The number of hydrogen-bond donors (Lipinski definition) is 0. The molecule has 2 unspecified atom stereocenters. The Morgan fingerprint density at radius 2 is 1.52 bits per heavy atom. The summed E-state index contributed by atoms with van der Waals surface area (Å²) in [7, 11) is -3.40. The Hall–Kier alpha value is -1.65. The Morgan fingerprint density at radius 1 is 0.952 bits per heavy atom. The van der Waals surface area contributed by atoms with Crippen LogP contribution >= 0.6 is 0 Å². The van der Waals surface area contributed by atoms with E-state index in [4.69, 9.17) is 0 Å². The second kappa shape index (κ2) is 5.62. The molecule has 0 saturated carbocycles. The number of nitrogens with zero attached hydrogens (tertiary/aromatic N) is 1. The number of rotatable bonds is 3. The van der Waals surface area contributed by atoms with E-state index in [0.29, 0.717) is 11.4 Å². The summed E-state index contributed by atoms with van der Waals surface area (Å²) in [6, 6.07) is 18.9. The van der Waals surface area contributed by atoms with Gasteiger partial charge in [-0.25, -0.2) is 8.42 Å². The molecule has 1 saturated heterocycles. The highest BCUT2D eigenvalue weighted by atomic mass is 32.2. The zero-order valence-electron chi connectivity index (χ0n) is 12.0. The summed E-state index contributed by atoms with van der Waals surface area (Å²) in [6.07, 6.45) is 0.871. The van der Waals surface area contributed by atoms with Gasteiger partial charge in [0.15, 0.2) is 0 Å². The molecule has 2 aromatic rings. The smallest absolute Gasteiger partial charge is 0.207 e. The minimum absolute atomic E-state index is 0.0282. The molecule has 4 heteroatoms. The van der Waals surface area contributed by atoms with Gasteiger partial charge in [0, 0.05) is 12.6 Å². The SMILES string of the molecule is CC1CC(c2ccccc2)CN1S(=O)(=O)c1ccccc1. The zero-order valence-corrected chi connectivity index (χ0v) is 12.8. The van der Waals surface area contributed by atoms with Crippen molar-refractivity contribution in [2.45, 2.75) is 30.2 Å². The van der Waals surface area contributed by atoms with Crippen LogP contribution in [0.4, 0.5) is 0 Å². The molecule has 0 aromatic heterocycles. The lowest BCUT2D eigenvalue weighted by atomic mass is 9.97. The summed E-state index contributed by atoms with van der Waals surface area (Å²) in [5, 5.41) is 0. The lowest BCUT2D eigenvalue weighted by molar-refractivity contribution is 0.407. The van der Waals surface area contributed by atoms with Crippen molar-refractivity contribution in [3.63, 3.8) is 0 Å². The molecule has 0 N–H and O–H groups in total. The zero-order chi connectivity index (χ0) is 14.9. The maximum absolute atomic E-state index is 12.7. The summed E-state index contributed by atoms with van der Waals surface area (Å²) in [5.74, 6) is 0.277. The van der Waals surface area contributed by atoms with Crippen molar-refractivity contribution in [3.8, 4) is 0 Å². The fraction of sp³-hybridized carbons (Fsp3) is 0.294. The number of sulfonamides is 1. The van der Waals surface area contributed by atoms with Crippen molar-refractivity contribution >= 4 is 10.0 Å². The van der Waals surface area contributed by atoms with Gasteiger partial charge in [-0.15, -0.1) is 0 Å². The summed E-state index contributed by atoms with van der Waals surface area (Å²) >= 11 is 0. The van der Waals surface area contributed by atoms with Gasteiger partial charge in [-0.1, -0.05) is 48.5 Å². The van der Waals surface area contributed by atoms with Crippen LogP contribution in [0.25, 0.3) is 0 Å². The maximum atomic E-state index is 12.7. The second-order valence-electron chi connectivity index (χ2n) is 5.58. The van der Waals surface area contributed by atoms with Crippen molar-refractivity contribution in [3.05, 3.63) is 66.2 Å². The molecule has 2 atom stereocenters. The van der Waals surface area contributed by atoms with Gasteiger partial charge in [0.05, 0.1) is 4.90 Å². The molecule has 2 aromatic carbocycles. The first-order valence-corrected chi connectivity index (χ1v) is 8.65. The van der Waals surface area contributed by atoms with Crippen LogP contribution in [0, 0.1) is 0 Å². The van der Waals surface area contributed by atoms with Crippen LogP contribution in [0.3, 0.4) is 0 Å². The van der Waals surface area contributed by atoms with Crippen molar-refractivity contribution in [1.29, 1.82) is 0 Å². The van der Waals surface area contributed by atoms with Gasteiger partial charge in [0.2, 0.25) is 10.0 Å². The van der Waals surface area contributed by atoms with Gasteiger partial charge in [-0.05, 0) is 37.0 Å². The van der Waals surface area contributed by atoms with E-state index in [1.807, 2.05) is 31.2 Å². The molecular weight excluding hydrogens is 282 g/mol. The average molecular weight is 301 g/mol. The third kappa shape index (κ3) is 2.74. The van der Waals surface area contributed by atoms with Gasteiger partial charge >= 0.3 is 0 Å². The highest BCUT2D eigenvalue weighted by molar-refractivity contribution is 7.89. The Morgan fingerprint density at radius 3 is 2.14 bits per heavy atom. The molecule has 3 nitrogen and oxygen atoms in total. The summed E-state index contributed by atoms with van der Waals surface area (Å²) in [4.78, 5) is 0.380. The molecule has 0 amide bonds. The van der Waals surface area contributed by atoms with E-state index in [0.717, 1.165) is 6.42 Å². The molecule has 0 bridgehead atoms. The van der Waals surface area contributed by atoms with Crippen molar-refractivity contribution in [2.75, 3.05) is 6.54 Å².